The Morgan fingerprint density at radius 3 is 2.42 bits per heavy atom. The van der Waals surface area contributed by atoms with E-state index >= 15 is 0 Å². The van der Waals surface area contributed by atoms with Crippen molar-refractivity contribution >= 4 is 11.9 Å². The van der Waals surface area contributed by atoms with Crippen molar-refractivity contribution in [3.8, 4) is 0 Å². The molecule has 1 aliphatic carbocycles. The SMILES string of the molecule is CC(NC(=O)CN(CC(=O)O)C(C)C)c1ccc2c(c1)CCCC2. The van der Waals surface area contributed by atoms with Crippen LogP contribution < -0.4 is 5.32 Å². The summed E-state index contributed by atoms with van der Waals surface area (Å²) in [5.74, 6) is -1.06. The third-order valence-electron chi connectivity index (χ3n) is 4.67. The lowest BCUT2D eigenvalue weighted by molar-refractivity contribution is -0.139. The fourth-order valence-electron chi connectivity index (χ4n) is 3.17. The minimum Gasteiger partial charge on any atom is -0.480 e. The van der Waals surface area contributed by atoms with E-state index in [2.05, 4.69) is 23.5 Å². The Hall–Kier alpha value is -1.88. The van der Waals surface area contributed by atoms with Crippen LogP contribution in [0.15, 0.2) is 18.2 Å². The van der Waals surface area contributed by atoms with Gasteiger partial charge in [-0.3, -0.25) is 14.5 Å². The topological polar surface area (TPSA) is 69.6 Å². The zero-order valence-electron chi connectivity index (χ0n) is 14.8. The number of aryl methyl sites for hydroxylation is 2. The number of fused-ring (bicyclic) bond motifs is 1. The van der Waals surface area contributed by atoms with Gasteiger partial charge in [-0.25, -0.2) is 0 Å². The third kappa shape index (κ3) is 5.06. The molecular weight excluding hydrogens is 304 g/mol. The van der Waals surface area contributed by atoms with Crippen LogP contribution in [0.1, 0.15) is 56.3 Å². The van der Waals surface area contributed by atoms with Crippen LogP contribution in [0.4, 0.5) is 0 Å². The molecule has 0 aromatic heterocycles. The molecule has 1 aliphatic rings. The van der Waals surface area contributed by atoms with E-state index in [1.54, 1.807) is 4.90 Å². The number of carbonyl (C=O) groups is 2. The maximum atomic E-state index is 12.3. The molecule has 1 unspecified atom stereocenters. The van der Waals surface area contributed by atoms with Crippen LogP contribution in [-0.2, 0) is 22.4 Å². The zero-order valence-corrected chi connectivity index (χ0v) is 14.8. The lowest BCUT2D eigenvalue weighted by Crippen LogP contribution is -2.43. The Labute approximate surface area is 144 Å². The highest BCUT2D eigenvalue weighted by molar-refractivity contribution is 5.79. The van der Waals surface area contributed by atoms with Gasteiger partial charge in [-0.1, -0.05) is 18.2 Å². The Kier molecular flexibility index (Phi) is 6.37. The minimum absolute atomic E-state index is 0.00546. The number of carboxylic acids is 1. The summed E-state index contributed by atoms with van der Waals surface area (Å²) in [6.45, 7) is 5.73. The molecule has 1 atom stereocenters. The monoisotopic (exact) mass is 332 g/mol. The van der Waals surface area contributed by atoms with E-state index in [4.69, 9.17) is 5.11 Å². The molecule has 5 nitrogen and oxygen atoms in total. The van der Waals surface area contributed by atoms with Crippen LogP contribution in [0.25, 0.3) is 0 Å². The van der Waals surface area contributed by atoms with Crippen molar-refractivity contribution in [1.29, 1.82) is 0 Å². The molecule has 0 heterocycles. The van der Waals surface area contributed by atoms with Gasteiger partial charge in [0.2, 0.25) is 5.91 Å². The van der Waals surface area contributed by atoms with Gasteiger partial charge in [0.1, 0.15) is 0 Å². The van der Waals surface area contributed by atoms with E-state index < -0.39 is 5.97 Å². The first-order valence-corrected chi connectivity index (χ1v) is 8.73. The van der Waals surface area contributed by atoms with E-state index in [0.717, 1.165) is 18.4 Å². The normalized spacial score (nSPS) is 15.2. The molecule has 0 saturated carbocycles. The van der Waals surface area contributed by atoms with E-state index in [0.29, 0.717) is 0 Å². The van der Waals surface area contributed by atoms with Gasteiger partial charge in [-0.15, -0.1) is 0 Å². The van der Waals surface area contributed by atoms with Crippen molar-refractivity contribution in [3.05, 3.63) is 34.9 Å². The van der Waals surface area contributed by atoms with E-state index in [1.165, 1.54) is 24.0 Å². The maximum Gasteiger partial charge on any atom is 0.317 e. The second kappa shape index (κ2) is 8.29. The number of aliphatic carboxylic acids is 1. The molecule has 24 heavy (non-hydrogen) atoms. The molecule has 0 fully saturated rings. The lowest BCUT2D eigenvalue weighted by atomic mass is 9.89. The number of carbonyl (C=O) groups excluding carboxylic acids is 1. The van der Waals surface area contributed by atoms with Gasteiger partial charge in [-0.05, 0) is 63.1 Å². The highest BCUT2D eigenvalue weighted by Crippen LogP contribution is 2.24. The fourth-order valence-corrected chi connectivity index (χ4v) is 3.17. The predicted octanol–water partition coefficient (Wildman–Crippen LogP) is 2.54. The number of carboxylic acid groups (broad SMARTS) is 1. The van der Waals surface area contributed by atoms with Crippen LogP contribution in [0, 0.1) is 0 Å². The first-order chi connectivity index (χ1) is 11.4. The summed E-state index contributed by atoms with van der Waals surface area (Å²) < 4.78 is 0. The van der Waals surface area contributed by atoms with Gasteiger partial charge < -0.3 is 10.4 Å². The van der Waals surface area contributed by atoms with Crippen LogP contribution in [0.2, 0.25) is 0 Å². The molecule has 5 heteroatoms. The molecular formula is C19H28N2O3. The molecule has 0 saturated heterocycles. The van der Waals surface area contributed by atoms with Gasteiger partial charge in [0.15, 0.2) is 0 Å². The quantitative estimate of drug-likeness (QED) is 0.805. The molecule has 0 aliphatic heterocycles. The molecule has 132 valence electrons. The summed E-state index contributed by atoms with van der Waals surface area (Å²) >= 11 is 0. The van der Waals surface area contributed by atoms with Crippen molar-refractivity contribution in [1.82, 2.24) is 10.2 Å². The van der Waals surface area contributed by atoms with Gasteiger partial charge in [0.25, 0.3) is 0 Å². The average molecular weight is 332 g/mol. The Balaban J connectivity index is 1.96. The van der Waals surface area contributed by atoms with Crippen molar-refractivity contribution in [3.63, 3.8) is 0 Å². The average Bonchev–Trinajstić information content (AvgIpc) is 2.53. The number of hydrogen-bond donors (Lipinski definition) is 2. The maximum absolute atomic E-state index is 12.3. The summed E-state index contributed by atoms with van der Waals surface area (Å²) in [6.07, 6.45) is 4.75. The van der Waals surface area contributed by atoms with Gasteiger partial charge >= 0.3 is 5.97 Å². The van der Waals surface area contributed by atoms with Crippen LogP contribution >= 0.6 is 0 Å². The Morgan fingerprint density at radius 1 is 1.12 bits per heavy atom. The molecule has 2 rings (SSSR count). The molecule has 1 amide bonds. The largest absolute Gasteiger partial charge is 0.480 e. The van der Waals surface area contributed by atoms with Gasteiger partial charge in [0, 0.05) is 6.04 Å². The van der Waals surface area contributed by atoms with Crippen LogP contribution in [-0.4, -0.2) is 41.0 Å². The minimum atomic E-state index is -0.917. The summed E-state index contributed by atoms with van der Waals surface area (Å²) in [6, 6.07) is 6.40. The van der Waals surface area contributed by atoms with E-state index in [-0.39, 0.29) is 31.1 Å². The third-order valence-corrected chi connectivity index (χ3v) is 4.67. The van der Waals surface area contributed by atoms with E-state index in [9.17, 15) is 9.59 Å². The standard InChI is InChI=1S/C19H28N2O3/c1-13(2)21(12-19(23)24)11-18(22)20-14(3)16-9-8-15-6-4-5-7-17(15)10-16/h8-10,13-14H,4-7,11-12H2,1-3H3,(H,20,22)(H,23,24). The number of nitrogens with zero attached hydrogens (tertiary/aromatic N) is 1. The highest BCUT2D eigenvalue weighted by atomic mass is 16.4. The Bertz CT molecular complexity index is 598. The van der Waals surface area contributed by atoms with Crippen molar-refractivity contribution in [2.75, 3.05) is 13.1 Å². The molecule has 0 radical (unpaired) electrons. The fraction of sp³-hybridized carbons (Fsp3) is 0.579. The predicted molar refractivity (Wildman–Crippen MR) is 94.0 cm³/mol. The molecule has 1 aromatic rings. The molecule has 1 aromatic carbocycles. The number of nitrogens with one attached hydrogen (secondary N) is 1. The zero-order chi connectivity index (χ0) is 17.7. The van der Waals surface area contributed by atoms with Gasteiger partial charge in [0.05, 0.1) is 19.1 Å². The van der Waals surface area contributed by atoms with E-state index in [1.807, 2.05) is 20.8 Å². The lowest BCUT2D eigenvalue weighted by Gasteiger charge is -2.25. The van der Waals surface area contributed by atoms with Crippen molar-refractivity contribution in [2.45, 2.75) is 58.5 Å². The van der Waals surface area contributed by atoms with Crippen molar-refractivity contribution in [2.24, 2.45) is 0 Å². The van der Waals surface area contributed by atoms with Crippen LogP contribution in [0.5, 0.6) is 0 Å². The molecule has 2 N–H and O–H groups in total. The second-order valence-corrected chi connectivity index (χ2v) is 6.92. The highest BCUT2D eigenvalue weighted by Gasteiger charge is 2.19. The number of hydrogen-bond acceptors (Lipinski definition) is 3. The number of benzene rings is 1. The van der Waals surface area contributed by atoms with Gasteiger partial charge in [-0.2, -0.15) is 0 Å². The van der Waals surface area contributed by atoms with Crippen LogP contribution in [0.3, 0.4) is 0 Å². The summed E-state index contributed by atoms with van der Waals surface area (Å²) in [4.78, 5) is 24.8. The Morgan fingerprint density at radius 2 is 1.79 bits per heavy atom. The molecule has 0 bridgehead atoms. The number of rotatable bonds is 7. The summed E-state index contributed by atoms with van der Waals surface area (Å²) in [5.41, 5.74) is 3.93. The molecule has 0 spiro atoms. The smallest absolute Gasteiger partial charge is 0.317 e. The van der Waals surface area contributed by atoms with Crippen molar-refractivity contribution < 1.29 is 14.7 Å². The summed E-state index contributed by atoms with van der Waals surface area (Å²) in [7, 11) is 0. The first-order valence-electron chi connectivity index (χ1n) is 8.73. The first kappa shape index (κ1) is 18.5. The number of amides is 1. The summed E-state index contributed by atoms with van der Waals surface area (Å²) in [5, 5.41) is 11.9. The second-order valence-electron chi connectivity index (χ2n) is 6.92.